The van der Waals surface area contributed by atoms with Gasteiger partial charge in [-0.15, -0.1) is 0 Å². The molecule has 0 saturated heterocycles. The Morgan fingerprint density at radius 1 is 1.14 bits per heavy atom. The van der Waals surface area contributed by atoms with Gasteiger partial charge in [-0.2, -0.15) is 0 Å². The molecule has 1 nitrogen and oxygen atoms in total. The Labute approximate surface area is 144 Å². The highest BCUT2D eigenvalue weighted by Crippen LogP contribution is 2.33. The summed E-state index contributed by atoms with van der Waals surface area (Å²) in [5, 5.41) is 4.28. The van der Waals surface area contributed by atoms with Crippen molar-refractivity contribution in [2.75, 3.05) is 6.54 Å². The van der Waals surface area contributed by atoms with Gasteiger partial charge in [0.05, 0.1) is 0 Å². The molecule has 4 heteroatoms. The highest BCUT2D eigenvalue weighted by molar-refractivity contribution is 9.10. The van der Waals surface area contributed by atoms with E-state index in [1.165, 1.54) is 15.4 Å². The maximum absolute atomic E-state index is 5.94. The topological polar surface area (TPSA) is 12.0 Å². The molecular formula is C17H19BrClNS. The molecular weight excluding hydrogens is 366 g/mol. The van der Waals surface area contributed by atoms with Crippen molar-refractivity contribution in [3.05, 3.63) is 57.5 Å². The van der Waals surface area contributed by atoms with Gasteiger partial charge in [0.1, 0.15) is 0 Å². The average molecular weight is 385 g/mol. The summed E-state index contributed by atoms with van der Waals surface area (Å²) in [4.78, 5) is 2.46. The van der Waals surface area contributed by atoms with Crippen LogP contribution in [0.2, 0.25) is 5.02 Å². The molecule has 2 aromatic rings. The molecule has 0 aromatic heterocycles. The zero-order chi connectivity index (χ0) is 15.2. The van der Waals surface area contributed by atoms with Crippen LogP contribution in [0.3, 0.4) is 0 Å². The van der Waals surface area contributed by atoms with E-state index in [0.717, 1.165) is 22.6 Å². The normalized spacial score (nSPS) is 11.1. The lowest BCUT2D eigenvalue weighted by Gasteiger charge is -2.12. The third-order valence-electron chi connectivity index (χ3n) is 2.94. The second-order valence-electron chi connectivity index (χ2n) is 5.33. The maximum Gasteiger partial charge on any atom is 0.0406 e. The second-order valence-corrected chi connectivity index (χ2v) is 7.80. The molecule has 0 aliphatic carbocycles. The van der Waals surface area contributed by atoms with Crippen LogP contribution in [-0.4, -0.2) is 6.54 Å². The van der Waals surface area contributed by atoms with Gasteiger partial charge in [0, 0.05) is 25.8 Å². The number of hydrogen-bond donors (Lipinski definition) is 1. The highest BCUT2D eigenvalue weighted by Gasteiger charge is 2.06. The quantitative estimate of drug-likeness (QED) is 0.655. The summed E-state index contributed by atoms with van der Waals surface area (Å²) in [6.45, 7) is 6.36. The smallest absolute Gasteiger partial charge is 0.0406 e. The van der Waals surface area contributed by atoms with Crippen LogP contribution in [0.4, 0.5) is 0 Å². The Bertz CT molecular complexity index is 584. The minimum absolute atomic E-state index is 0.660. The molecule has 0 saturated carbocycles. The monoisotopic (exact) mass is 383 g/mol. The molecule has 0 bridgehead atoms. The van der Waals surface area contributed by atoms with Crippen molar-refractivity contribution in [1.82, 2.24) is 5.32 Å². The lowest BCUT2D eigenvalue weighted by molar-refractivity contribution is 0.550. The fraction of sp³-hybridized carbons (Fsp3) is 0.294. The predicted octanol–water partition coefficient (Wildman–Crippen LogP) is 6.00. The maximum atomic E-state index is 5.94. The molecule has 0 radical (unpaired) electrons. The van der Waals surface area contributed by atoms with E-state index >= 15 is 0 Å². The van der Waals surface area contributed by atoms with Crippen LogP contribution in [-0.2, 0) is 6.54 Å². The van der Waals surface area contributed by atoms with E-state index in [1.807, 2.05) is 12.1 Å². The van der Waals surface area contributed by atoms with Crippen LogP contribution in [0.25, 0.3) is 0 Å². The van der Waals surface area contributed by atoms with E-state index in [9.17, 15) is 0 Å². The molecule has 21 heavy (non-hydrogen) atoms. The zero-order valence-electron chi connectivity index (χ0n) is 12.2. The molecule has 0 unspecified atom stereocenters. The van der Waals surface area contributed by atoms with Crippen LogP contribution in [0.1, 0.15) is 19.4 Å². The summed E-state index contributed by atoms with van der Waals surface area (Å²) in [6, 6.07) is 14.4. The van der Waals surface area contributed by atoms with Gasteiger partial charge in [-0.1, -0.05) is 59.2 Å². The van der Waals surface area contributed by atoms with Crippen molar-refractivity contribution in [3.8, 4) is 0 Å². The van der Waals surface area contributed by atoms with Crippen molar-refractivity contribution in [1.29, 1.82) is 0 Å². The Balaban J connectivity index is 2.12. The van der Waals surface area contributed by atoms with Crippen molar-refractivity contribution < 1.29 is 0 Å². The van der Waals surface area contributed by atoms with Gasteiger partial charge in [0.15, 0.2) is 0 Å². The number of nitrogens with one attached hydrogen (secondary N) is 1. The van der Waals surface area contributed by atoms with Crippen LogP contribution in [0.5, 0.6) is 0 Å². The third-order valence-corrected chi connectivity index (χ3v) is 4.79. The Kier molecular flexibility index (Phi) is 6.62. The summed E-state index contributed by atoms with van der Waals surface area (Å²) < 4.78 is 1.10. The second kappa shape index (κ2) is 8.23. The van der Waals surface area contributed by atoms with Crippen molar-refractivity contribution >= 4 is 39.3 Å². The lowest BCUT2D eigenvalue weighted by Crippen LogP contribution is -2.19. The van der Waals surface area contributed by atoms with Crippen molar-refractivity contribution in [3.63, 3.8) is 0 Å². The van der Waals surface area contributed by atoms with Gasteiger partial charge in [-0.3, -0.25) is 0 Å². The molecule has 0 atom stereocenters. The number of halogens is 2. The van der Waals surface area contributed by atoms with Gasteiger partial charge >= 0.3 is 0 Å². The molecule has 0 amide bonds. The minimum Gasteiger partial charge on any atom is -0.312 e. The molecule has 2 rings (SSSR count). The number of hydrogen-bond acceptors (Lipinski definition) is 2. The molecule has 0 heterocycles. The van der Waals surface area contributed by atoms with Gasteiger partial charge < -0.3 is 5.32 Å². The average Bonchev–Trinajstić information content (AvgIpc) is 2.43. The van der Waals surface area contributed by atoms with E-state index in [2.05, 4.69) is 65.4 Å². The minimum atomic E-state index is 0.660. The Morgan fingerprint density at radius 2 is 1.86 bits per heavy atom. The Hall–Kier alpha value is -0.480. The first-order valence-electron chi connectivity index (χ1n) is 6.97. The van der Waals surface area contributed by atoms with E-state index in [-0.39, 0.29) is 0 Å². The van der Waals surface area contributed by atoms with Gasteiger partial charge in [0.2, 0.25) is 0 Å². The zero-order valence-corrected chi connectivity index (χ0v) is 15.4. The van der Waals surface area contributed by atoms with Gasteiger partial charge in [-0.05, 0) is 54.4 Å². The largest absolute Gasteiger partial charge is 0.312 e. The number of rotatable bonds is 6. The van der Waals surface area contributed by atoms with E-state index < -0.39 is 0 Å². The van der Waals surface area contributed by atoms with Crippen LogP contribution in [0.15, 0.2) is 56.7 Å². The van der Waals surface area contributed by atoms with Crippen molar-refractivity contribution in [2.24, 2.45) is 5.92 Å². The molecule has 0 aliphatic heterocycles. The Morgan fingerprint density at radius 3 is 2.52 bits per heavy atom. The summed E-state index contributed by atoms with van der Waals surface area (Å²) in [5.74, 6) is 0.660. The first-order chi connectivity index (χ1) is 10.0. The van der Waals surface area contributed by atoms with Gasteiger partial charge in [-0.25, -0.2) is 0 Å². The molecule has 1 N–H and O–H groups in total. The molecule has 0 spiro atoms. The molecule has 2 aromatic carbocycles. The summed E-state index contributed by atoms with van der Waals surface area (Å²) in [7, 11) is 0. The first-order valence-corrected chi connectivity index (χ1v) is 8.96. The predicted molar refractivity (Wildman–Crippen MR) is 96.3 cm³/mol. The standard InChI is InChI=1S/C17H19BrClNS/c1-12(2)10-20-11-13-3-4-14(18)9-17(13)21-16-7-5-15(19)6-8-16/h3-9,12,20H,10-11H2,1-2H3. The SMILES string of the molecule is CC(C)CNCc1ccc(Br)cc1Sc1ccc(Cl)cc1. The van der Waals surface area contributed by atoms with E-state index in [1.54, 1.807) is 11.8 Å². The summed E-state index contributed by atoms with van der Waals surface area (Å²) in [5.41, 5.74) is 1.32. The van der Waals surface area contributed by atoms with Gasteiger partial charge in [0.25, 0.3) is 0 Å². The van der Waals surface area contributed by atoms with Crippen LogP contribution >= 0.6 is 39.3 Å². The first kappa shape index (κ1) is 16.9. The van der Waals surface area contributed by atoms with E-state index in [0.29, 0.717) is 5.92 Å². The van der Waals surface area contributed by atoms with Crippen molar-refractivity contribution in [2.45, 2.75) is 30.2 Å². The number of benzene rings is 2. The highest BCUT2D eigenvalue weighted by atomic mass is 79.9. The molecule has 0 fully saturated rings. The van der Waals surface area contributed by atoms with E-state index in [4.69, 9.17) is 11.6 Å². The fourth-order valence-corrected chi connectivity index (χ4v) is 3.52. The summed E-state index contributed by atoms with van der Waals surface area (Å²) >= 11 is 11.3. The molecule has 0 aliphatic rings. The van der Waals surface area contributed by atoms with Crippen LogP contribution < -0.4 is 5.32 Å². The lowest BCUT2D eigenvalue weighted by atomic mass is 10.2. The third kappa shape index (κ3) is 5.67. The summed E-state index contributed by atoms with van der Waals surface area (Å²) in [6.07, 6.45) is 0. The fourth-order valence-electron chi connectivity index (χ4n) is 1.89. The van der Waals surface area contributed by atoms with Crippen LogP contribution in [0, 0.1) is 5.92 Å². The molecule has 112 valence electrons.